The molecule has 0 fully saturated rings. The lowest BCUT2D eigenvalue weighted by Gasteiger charge is -2.02. The van der Waals surface area contributed by atoms with Gasteiger partial charge in [-0.2, -0.15) is 0 Å². The summed E-state index contributed by atoms with van der Waals surface area (Å²) in [6, 6.07) is 4.60. The van der Waals surface area contributed by atoms with Crippen LogP contribution in [0.15, 0.2) is 18.2 Å². The van der Waals surface area contributed by atoms with Gasteiger partial charge in [-0.05, 0) is 12.1 Å². The zero-order valence-corrected chi connectivity index (χ0v) is 10.2. The highest BCUT2D eigenvalue weighted by Gasteiger charge is 2.19. The smallest absolute Gasteiger partial charge is 0.346 e. The van der Waals surface area contributed by atoms with E-state index in [4.69, 9.17) is 11.5 Å². The number of carboxylic acids is 1. The zero-order valence-electron chi connectivity index (χ0n) is 9.37. The highest BCUT2D eigenvalue weighted by atomic mass is 32.1. The fraction of sp³-hybridized carbons (Fsp3) is 0.154. The molecule has 2 aromatic rings. The van der Waals surface area contributed by atoms with E-state index < -0.39 is 11.8 Å². The molecule has 0 spiro atoms. The van der Waals surface area contributed by atoms with E-state index in [2.05, 4.69) is 11.2 Å². The molecule has 2 N–H and O–H groups in total. The minimum absolute atomic E-state index is 0.152. The molecule has 1 aromatic carbocycles. The van der Waals surface area contributed by atoms with Gasteiger partial charge in [-0.3, -0.25) is 0 Å². The summed E-state index contributed by atoms with van der Waals surface area (Å²) >= 11 is 1.07. The Hall–Kier alpha value is -1.90. The predicted molar refractivity (Wildman–Crippen MR) is 69.3 cm³/mol. The van der Waals surface area contributed by atoms with E-state index in [0.29, 0.717) is 22.2 Å². The Labute approximate surface area is 107 Å². The molecule has 0 amide bonds. The van der Waals surface area contributed by atoms with E-state index in [1.54, 1.807) is 12.1 Å². The van der Waals surface area contributed by atoms with Gasteiger partial charge < -0.3 is 10.4 Å². The van der Waals surface area contributed by atoms with Crippen molar-refractivity contribution in [2.24, 2.45) is 0 Å². The van der Waals surface area contributed by atoms with E-state index in [0.717, 1.165) is 11.3 Å². The maximum Gasteiger partial charge on any atom is 0.346 e. The van der Waals surface area contributed by atoms with Gasteiger partial charge in [-0.1, -0.05) is 12.0 Å². The standard InChI is InChI=1S/C13H10FNO2S/c1-2-6-15-7-8-11-9(14)4-3-5-10(11)18-12(8)13(16)17/h1,3-5,15H,6-7H2,(H,16,17). The molecule has 1 aromatic heterocycles. The van der Waals surface area contributed by atoms with Gasteiger partial charge in [0, 0.05) is 22.2 Å². The second-order valence-electron chi connectivity index (χ2n) is 3.64. The SMILES string of the molecule is C#CCNCc1c(C(=O)O)sc2cccc(F)c12. The Balaban J connectivity index is 2.55. The number of hydrogen-bond acceptors (Lipinski definition) is 3. The first-order chi connectivity index (χ1) is 8.65. The summed E-state index contributed by atoms with van der Waals surface area (Å²) in [7, 11) is 0. The average molecular weight is 263 g/mol. The molecule has 2 rings (SSSR count). The minimum Gasteiger partial charge on any atom is -0.477 e. The fourth-order valence-electron chi connectivity index (χ4n) is 1.77. The second-order valence-corrected chi connectivity index (χ2v) is 4.69. The fourth-order valence-corrected chi connectivity index (χ4v) is 2.84. The average Bonchev–Trinajstić information content (AvgIpc) is 2.70. The van der Waals surface area contributed by atoms with Crippen LogP contribution in [-0.4, -0.2) is 17.6 Å². The highest BCUT2D eigenvalue weighted by Crippen LogP contribution is 2.33. The van der Waals surface area contributed by atoms with E-state index in [1.165, 1.54) is 6.07 Å². The van der Waals surface area contributed by atoms with Crippen LogP contribution >= 0.6 is 11.3 Å². The van der Waals surface area contributed by atoms with Crippen molar-refractivity contribution in [3.05, 3.63) is 34.5 Å². The Morgan fingerprint density at radius 2 is 2.33 bits per heavy atom. The summed E-state index contributed by atoms with van der Waals surface area (Å²) in [4.78, 5) is 11.3. The van der Waals surface area contributed by atoms with Gasteiger partial charge in [0.05, 0.1) is 6.54 Å². The predicted octanol–water partition coefficient (Wildman–Crippen LogP) is 2.46. The van der Waals surface area contributed by atoms with Gasteiger partial charge in [-0.15, -0.1) is 17.8 Å². The molecule has 0 atom stereocenters. The van der Waals surface area contributed by atoms with E-state index in [1.807, 2.05) is 0 Å². The quantitative estimate of drug-likeness (QED) is 0.658. The Bertz CT molecular complexity index is 642. The zero-order chi connectivity index (χ0) is 13.1. The van der Waals surface area contributed by atoms with Crippen molar-refractivity contribution in [1.29, 1.82) is 0 Å². The van der Waals surface area contributed by atoms with Gasteiger partial charge in [0.25, 0.3) is 0 Å². The molecule has 0 bridgehead atoms. The number of rotatable bonds is 4. The van der Waals surface area contributed by atoms with Crippen LogP contribution in [0.3, 0.4) is 0 Å². The maximum atomic E-state index is 13.8. The summed E-state index contributed by atoms with van der Waals surface area (Å²) in [5.41, 5.74) is 0.454. The molecule has 18 heavy (non-hydrogen) atoms. The van der Waals surface area contributed by atoms with Crippen LogP contribution in [0.1, 0.15) is 15.2 Å². The number of benzene rings is 1. The van der Waals surface area contributed by atoms with Crippen molar-refractivity contribution < 1.29 is 14.3 Å². The molecule has 0 saturated carbocycles. The first-order valence-electron chi connectivity index (χ1n) is 5.22. The van der Waals surface area contributed by atoms with Crippen molar-refractivity contribution in [1.82, 2.24) is 5.32 Å². The molecule has 3 nitrogen and oxygen atoms in total. The molecular formula is C13H10FNO2S. The number of hydrogen-bond donors (Lipinski definition) is 2. The molecule has 0 unspecified atom stereocenters. The Morgan fingerprint density at radius 3 is 3.00 bits per heavy atom. The van der Waals surface area contributed by atoms with Gasteiger partial charge in [0.1, 0.15) is 10.7 Å². The van der Waals surface area contributed by atoms with E-state index in [-0.39, 0.29) is 11.4 Å². The van der Waals surface area contributed by atoms with Crippen LogP contribution in [0.25, 0.3) is 10.1 Å². The number of aromatic carboxylic acids is 1. The molecule has 1 heterocycles. The van der Waals surface area contributed by atoms with Crippen molar-refractivity contribution in [3.8, 4) is 12.3 Å². The molecular weight excluding hydrogens is 253 g/mol. The third kappa shape index (κ3) is 2.21. The number of halogens is 1. The lowest BCUT2D eigenvalue weighted by molar-refractivity contribution is 0.0701. The van der Waals surface area contributed by atoms with Gasteiger partial charge >= 0.3 is 5.97 Å². The normalized spacial score (nSPS) is 10.4. The number of carboxylic acid groups (broad SMARTS) is 1. The van der Waals surface area contributed by atoms with Crippen LogP contribution in [0.4, 0.5) is 4.39 Å². The second kappa shape index (κ2) is 5.17. The Kier molecular flexibility index (Phi) is 3.60. The lowest BCUT2D eigenvalue weighted by atomic mass is 10.1. The third-order valence-corrected chi connectivity index (χ3v) is 3.67. The van der Waals surface area contributed by atoms with Crippen molar-refractivity contribution in [3.63, 3.8) is 0 Å². The van der Waals surface area contributed by atoms with Crippen LogP contribution in [0, 0.1) is 18.2 Å². The summed E-state index contributed by atoms with van der Waals surface area (Å²) in [6.45, 7) is 0.553. The summed E-state index contributed by atoms with van der Waals surface area (Å²) in [6.07, 6.45) is 5.11. The summed E-state index contributed by atoms with van der Waals surface area (Å²) in [5, 5.41) is 12.4. The molecule has 5 heteroatoms. The number of thiophene rings is 1. The van der Waals surface area contributed by atoms with Crippen molar-refractivity contribution in [2.45, 2.75) is 6.54 Å². The van der Waals surface area contributed by atoms with Crippen LogP contribution in [0.5, 0.6) is 0 Å². The molecule has 0 aliphatic carbocycles. The first kappa shape index (κ1) is 12.6. The third-order valence-electron chi connectivity index (χ3n) is 2.49. The van der Waals surface area contributed by atoms with Gasteiger partial charge in [0.2, 0.25) is 0 Å². The number of terminal acetylenes is 1. The first-order valence-corrected chi connectivity index (χ1v) is 6.04. The number of nitrogens with one attached hydrogen (secondary N) is 1. The van der Waals surface area contributed by atoms with E-state index in [9.17, 15) is 9.18 Å². The lowest BCUT2D eigenvalue weighted by Crippen LogP contribution is -2.15. The largest absolute Gasteiger partial charge is 0.477 e. The number of fused-ring (bicyclic) bond motifs is 1. The van der Waals surface area contributed by atoms with Crippen molar-refractivity contribution in [2.75, 3.05) is 6.54 Å². The highest BCUT2D eigenvalue weighted by molar-refractivity contribution is 7.21. The van der Waals surface area contributed by atoms with Gasteiger partial charge in [0.15, 0.2) is 0 Å². The molecule has 92 valence electrons. The van der Waals surface area contributed by atoms with Crippen LogP contribution in [-0.2, 0) is 6.54 Å². The maximum absolute atomic E-state index is 13.8. The molecule has 0 saturated heterocycles. The minimum atomic E-state index is -1.05. The van der Waals surface area contributed by atoms with E-state index >= 15 is 0 Å². The molecule has 0 radical (unpaired) electrons. The number of carbonyl (C=O) groups is 1. The van der Waals surface area contributed by atoms with Gasteiger partial charge in [-0.25, -0.2) is 9.18 Å². The Morgan fingerprint density at radius 1 is 1.56 bits per heavy atom. The molecule has 0 aliphatic rings. The summed E-state index contributed by atoms with van der Waals surface area (Å²) < 4.78 is 14.4. The monoisotopic (exact) mass is 263 g/mol. The topological polar surface area (TPSA) is 49.3 Å². The van der Waals surface area contributed by atoms with Crippen molar-refractivity contribution >= 4 is 27.4 Å². The summed E-state index contributed by atoms with van der Waals surface area (Å²) in [5.74, 6) is 0.936. The molecule has 0 aliphatic heterocycles. The van der Waals surface area contributed by atoms with Crippen LogP contribution < -0.4 is 5.32 Å². The van der Waals surface area contributed by atoms with Crippen LogP contribution in [0.2, 0.25) is 0 Å².